The molecule has 1 aromatic rings. The van der Waals surface area contributed by atoms with Gasteiger partial charge in [-0.2, -0.15) is 0 Å². The molecule has 106 valence electrons. The summed E-state index contributed by atoms with van der Waals surface area (Å²) in [7, 11) is 0. The van der Waals surface area contributed by atoms with Gasteiger partial charge in [0.15, 0.2) is 0 Å². The molecule has 0 bridgehead atoms. The van der Waals surface area contributed by atoms with Crippen LogP contribution < -0.4 is 5.32 Å². The Labute approximate surface area is 128 Å². The van der Waals surface area contributed by atoms with Crippen molar-refractivity contribution < 1.29 is 4.92 Å². The lowest BCUT2D eigenvalue weighted by atomic mass is 9.85. The van der Waals surface area contributed by atoms with Crippen molar-refractivity contribution in [1.29, 1.82) is 0 Å². The smallest absolute Gasteiger partial charge is 0.270 e. The van der Waals surface area contributed by atoms with Crippen LogP contribution in [0.2, 0.25) is 0 Å². The number of halogens is 1. The first kappa shape index (κ1) is 16.2. The molecule has 5 heteroatoms. The third-order valence-electron chi connectivity index (χ3n) is 3.40. The molecule has 0 aliphatic rings. The first-order chi connectivity index (χ1) is 8.82. The van der Waals surface area contributed by atoms with Crippen molar-refractivity contribution in [3.8, 4) is 0 Å². The third kappa shape index (κ3) is 4.63. The molecule has 0 amide bonds. The van der Waals surface area contributed by atoms with Gasteiger partial charge in [0.05, 0.1) is 4.92 Å². The predicted molar refractivity (Wildman–Crippen MR) is 87.5 cm³/mol. The second-order valence-corrected chi connectivity index (χ2v) is 6.62. The van der Waals surface area contributed by atoms with Gasteiger partial charge in [-0.25, -0.2) is 0 Å². The van der Waals surface area contributed by atoms with Crippen LogP contribution in [0.25, 0.3) is 0 Å². The van der Waals surface area contributed by atoms with Crippen molar-refractivity contribution >= 4 is 34.0 Å². The summed E-state index contributed by atoms with van der Waals surface area (Å²) < 4.78 is 0.887. The van der Waals surface area contributed by atoms with E-state index in [4.69, 9.17) is 0 Å². The summed E-state index contributed by atoms with van der Waals surface area (Å²) >= 11 is 2.13. The molecular formula is C14H21IN2O2. The second-order valence-electron chi connectivity index (χ2n) is 5.45. The summed E-state index contributed by atoms with van der Waals surface area (Å²) in [6.07, 6.45) is 0. The average Bonchev–Trinajstić information content (AvgIpc) is 2.29. The molecule has 0 aliphatic carbocycles. The lowest BCUT2D eigenvalue weighted by Crippen LogP contribution is -2.24. The summed E-state index contributed by atoms with van der Waals surface area (Å²) in [6.45, 7) is 9.81. The van der Waals surface area contributed by atoms with E-state index >= 15 is 0 Å². The summed E-state index contributed by atoms with van der Waals surface area (Å²) in [5, 5.41) is 14.1. The highest BCUT2D eigenvalue weighted by molar-refractivity contribution is 14.1. The van der Waals surface area contributed by atoms with Gasteiger partial charge in [0.25, 0.3) is 5.69 Å². The molecule has 0 aliphatic heterocycles. The first-order valence-electron chi connectivity index (χ1n) is 6.50. The zero-order valence-electron chi connectivity index (χ0n) is 11.8. The monoisotopic (exact) mass is 376 g/mol. The fourth-order valence-electron chi connectivity index (χ4n) is 2.23. The molecule has 0 atom stereocenters. The summed E-state index contributed by atoms with van der Waals surface area (Å²) in [5.74, 6) is 1.82. The zero-order valence-corrected chi connectivity index (χ0v) is 14.0. The molecule has 0 aromatic heterocycles. The maximum absolute atomic E-state index is 10.7. The zero-order chi connectivity index (χ0) is 14.6. The molecule has 0 fully saturated rings. The standard InChI is InChI=1S/C14H21IN2O2/c1-9(2)12(10(3)4)8-16-14-6-5-11(17(18)19)7-13(14)15/h5-7,9-10,12,16H,8H2,1-4H3. The number of nitro groups is 1. The number of non-ortho nitro benzene ring substituents is 1. The number of anilines is 1. The molecule has 1 N–H and O–H groups in total. The van der Waals surface area contributed by atoms with Crippen LogP contribution in [0.1, 0.15) is 27.7 Å². The summed E-state index contributed by atoms with van der Waals surface area (Å²) in [6, 6.07) is 4.94. The van der Waals surface area contributed by atoms with Gasteiger partial charge < -0.3 is 5.32 Å². The van der Waals surface area contributed by atoms with Gasteiger partial charge in [0, 0.05) is 27.9 Å². The van der Waals surface area contributed by atoms with Gasteiger partial charge in [0.1, 0.15) is 0 Å². The number of hydrogen-bond acceptors (Lipinski definition) is 3. The number of rotatable bonds is 6. The topological polar surface area (TPSA) is 55.2 Å². The fourth-order valence-corrected chi connectivity index (χ4v) is 2.92. The Hall–Kier alpha value is -0.850. The number of benzene rings is 1. The van der Waals surface area contributed by atoms with Crippen LogP contribution in [0, 0.1) is 31.4 Å². The minimum absolute atomic E-state index is 0.138. The van der Waals surface area contributed by atoms with Crippen molar-refractivity contribution in [3.05, 3.63) is 31.9 Å². The minimum atomic E-state index is -0.364. The van der Waals surface area contributed by atoms with Crippen molar-refractivity contribution in [2.24, 2.45) is 17.8 Å². The Balaban J connectivity index is 2.75. The normalized spacial score (nSPS) is 11.4. The van der Waals surface area contributed by atoms with Crippen molar-refractivity contribution in [2.45, 2.75) is 27.7 Å². The third-order valence-corrected chi connectivity index (χ3v) is 4.30. The van der Waals surface area contributed by atoms with E-state index in [2.05, 4.69) is 55.6 Å². The maximum atomic E-state index is 10.7. The number of hydrogen-bond donors (Lipinski definition) is 1. The van der Waals surface area contributed by atoms with E-state index in [-0.39, 0.29) is 10.6 Å². The highest BCUT2D eigenvalue weighted by Gasteiger charge is 2.18. The van der Waals surface area contributed by atoms with Crippen molar-refractivity contribution in [1.82, 2.24) is 0 Å². The van der Waals surface area contributed by atoms with E-state index in [9.17, 15) is 10.1 Å². The van der Waals surface area contributed by atoms with E-state index < -0.39 is 0 Å². The van der Waals surface area contributed by atoms with Crippen LogP contribution >= 0.6 is 22.6 Å². The molecule has 0 unspecified atom stereocenters. The first-order valence-corrected chi connectivity index (χ1v) is 7.58. The second kappa shape index (κ2) is 7.07. The van der Waals surface area contributed by atoms with Gasteiger partial charge in [0.2, 0.25) is 0 Å². The quantitative estimate of drug-likeness (QED) is 0.451. The molecule has 1 aromatic carbocycles. The lowest BCUT2D eigenvalue weighted by molar-refractivity contribution is -0.384. The van der Waals surface area contributed by atoms with E-state index in [1.165, 1.54) is 0 Å². The molecule has 0 heterocycles. The van der Waals surface area contributed by atoms with E-state index in [1.54, 1.807) is 18.2 Å². The molecule has 19 heavy (non-hydrogen) atoms. The minimum Gasteiger partial charge on any atom is -0.384 e. The van der Waals surface area contributed by atoms with Gasteiger partial charge in [-0.1, -0.05) is 27.7 Å². The Kier molecular flexibility index (Phi) is 6.03. The van der Waals surface area contributed by atoms with Crippen LogP contribution in [-0.4, -0.2) is 11.5 Å². The molecule has 0 saturated carbocycles. The van der Waals surface area contributed by atoms with Crippen LogP contribution in [0.4, 0.5) is 11.4 Å². The largest absolute Gasteiger partial charge is 0.384 e. The molecular weight excluding hydrogens is 355 g/mol. The van der Waals surface area contributed by atoms with Crippen molar-refractivity contribution in [3.63, 3.8) is 0 Å². The van der Waals surface area contributed by atoms with Gasteiger partial charge in [-0.05, 0) is 46.4 Å². The average molecular weight is 376 g/mol. The Bertz CT molecular complexity index is 439. The van der Waals surface area contributed by atoms with Crippen LogP contribution in [-0.2, 0) is 0 Å². The molecule has 0 saturated heterocycles. The summed E-state index contributed by atoms with van der Waals surface area (Å²) in [4.78, 5) is 10.3. The number of nitrogens with one attached hydrogen (secondary N) is 1. The van der Waals surface area contributed by atoms with E-state index in [0.29, 0.717) is 17.8 Å². The Morgan fingerprint density at radius 2 is 1.84 bits per heavy atom. The number of nitrogens with zero attached hydrogens (tertiary/aromatic N) is 1. The summed E-state index contributed by atoms with van der Waals surface area (Å²) in [5.41, 5.74) is 1.11. The van der Waals surface area contributed by atoms with Crippen molar-refractivity contribution in [2.75, 3.05) is 11.9 Å². The van der Waals surface area contributed by atoms with Gasteiger partial charge >= 0.3 is 0 Å². The van der Waals surface area contributed by atoms with Crippen LogP contribution in [0.15, 0.2) is 18.2 Å². The lowest BCUT2D eigenvalue weighted by Gasteiger charge is -2.25. The predicted octanol–water partition coefficient (Wildman–Crippen LogP) is 4.54. The van der Waals surface area contributed by atoms with E-state index in [0.717, 1.165) is 15.8 Å². The fraction of sp³-hybridized carbons (Fsp3) is 0.571. The van der Waals surface area contributed by atoms with Crippen LogP contribution in [0.3, 0.4) is 0 Å². The SMILES string of the molecule is CC(C)C(CNc1ccc([N+](=O)[O-])cc1I)C(C)C. The highest BCUT2D eigenvalue weighted by Crippen LogP contribution is 2.26. The highest BCUT2D eigenvalue weighted by atomic mass is 127. The van der Waals surface area contributed by atoms with Gasteiger partial charge in [-0.3, -0.25) is 10.1 Å². The molecule has 4 nitrogen and oxygen atoms in total. The Morgan fingerprint density at radius 1 is 1.26 bits per heavy atom. The van der Waals surface area contributed by atoms with Gasteiger partial charge in [-0.15, -0.1) is 0 Å². The molecule has 1 rings (SSSR count). The van der Waals surface area contributed by atoms with E-state index in [1.807, 2.05) is 0 Å². The molecule has 0 radical (unpaired) electrons. The maximum Gasteiger partial charge on any atom is 0.270 e. The van der Waals surface area contributed by atoms with Crippen LogP contribution in [0.5, 0.6) is 0 Å². The Morgan fingerprint density at radius 3 is 2.26 bits per heavy atom. The number of nitro benzene ring substituents is 1. The molecule has 0 spiro atoms.